The van der Waals surface area contributed by atoms with Gasteiger partial charge in [-0.25, -0.2) is 26.6 Å². The molecule has 5 aliphatic rings. The molecule has 0 unspecified atom stereocenters. The predicted molar refractivity (Wildman–Crippen MR) is 225 cm³/mol. The van der Waals surface area contributed by atoms with Gasteiger partial charge in [0.15, 0.2) is 17.1 Å². The number of nitrogens with zero attached hydrogens (tertiary/aromatic N) is 3. The number of nitrogens with one attached hydrogen (secondary N) is 1. The number of Topliss-reactive ketones (excluding diaryl/α,β-unsaturated/α-hetero) is 1. The molecule has 3 fully saturated rings. The zero-order chi connectivity index (χ0) is 45.0. The van der Waals surface area contributed by atoms with Crippen molar-refractivity contribution in [3.63, 3.8) is 0 Å². The lowest BCUT2D eigenvalue weighted by atomic mass is 9.79. The van der Waals surface area contributed by atoms with Crippen molar-refractivity contribution in [1.82, 2.24) is 14.6 Å². The highest BCUT2D eigenvalue weighted by Crippen LogP contribution is 2.58. The molecule has 2 amide bonds. The number of likely N-dealkylation sites (N-methyl/N-ethyl adjacent to an activating group) is 1. The highest BCUT2D eigenvalue weighted by atomic mass is 32.2. The first-order chi connectivity index (χ1) is 29.2. The number of hydrogen-bond donors (Lipinski definition) is 1. The lowest BCUT2D eigenvalue weighted by Gasteiger charge is -2.35. The lowest BCUT2D eigenvalue weighted by molar-refractivity contribution is -0.197. The lowest BCUT2D eigenvalue weighted by Crippen LogP contribution is -2.49. The molecule has 1 aromatic heterocycles. The Morgan fingerprint density at radius 3 is 2.52 bits per heavy atom. The van der Waals surface area contributed by atoms with E-state index in [1.807, 2.05) is 51.2 Å². The third kappa shape index (κ3) is 8.75. The monoisotopic (exact) mass is 888 g/mol. The summed E-state index contributed by atoms with van der Waals surface area (Å²) in [6.07, 6.45) is 6.14. The van der Waals surface area contributed by atoms with Gasteiger partial charge in [-0.15, -0.1) is 0 Å². The van der Waals surface area contributed by atoms with Crippen molar-refractivity contribution in [2.75, 3.05) is 38.3 Å². The minimum absolute atomic E-state index is 0.0201. The van der Waals surface area contributed by atoms with E-state index in [2.05, 4.69) is 14.6 Å². The highest BCUT2D eigenvalue weighted by Gasteiger charge is 2.63. The Kier molecular flexibility index (Phi) is 12.5. The van der Waals surface area contributed by atoms with Crippen LogP contribution in [0.2, 0.25) is 0 Å². The van der Waals surface area contributed by atoms with E-state index in [1.54, 1.807) is 6.20 Å². The molecule has 0 bridgehead atoms. The molecule has 3 aliphatic heterocycles. The maximum atomic E-state index is 15.1. The molecule has 2 saturated carbocycles. The molecule has 2 aromatic rings. The largest absolute Gasteiger partial charge is 0.489 e. The van der Waals surface area contributed by atoms with Crippen molar-refractivity contribution < 1.29 is 55.0 Å². The molecule has 7 rings (SSSR count). The molecular weight excluding hydrogens is 830 g/mol. The first-order valence-corrected chi connectivity index (χ1v) is 23.3. The minimum atomic E-state index is -4.40. The van der Waals surface area contributed by atoms with Gasteiger partial charge in [0.2, 0.25) is 27.7 Å². The Morgan fingerprint density at radius 1 is 1.10 bits per heavy atom. The van der Waals surface area contributed by atoms with E-state index >= 15 is 4.79 Å². The van der Waals surface area contributed by atoms with Gasteiger partial charge >= 0.3 is 5.97 Å². The van der Waals surface area contributed by atoms with Crippen LogP contribution in [0.5, 0.6) is 11.6 Å². The van der Waals surface area contributed by atoms with Gasteiger partial charge in [0.25, 0.3) is 5.92 Å². The number of hydrogen-bond acceptors (Lipinski definition) is 11. The quantitative estimate of drug-likeness (QED) is 0.189. The number of sulfonamides is 1. The average Bonchev–Trinajstić information content (AvgIpc) is 4.11. The number of ether oxygens (including phenoxy) is 3. The number of pyridine rings is 1. The van der Waals surface area contributed by atoms with Crippen LogP contribution in [0.15, 0.2) is 36.5 Å². The normalized spacial score (nSPS) is 29.6. The second-order valence-electron chi connectivity index (χ2n) is 18.9. The first-order valence-electron chi connectivity index (χ1n) is 21.8. The van der Waals surface area contributed by atoms with Crippen molar-refractivity contribution in [3.8, 4) is 11.6 Å². The van der Waals surface area contributed by atoms with Crippen LogP contribution in [-0.4, -0.2) is 104 Å². The first kappa shape index (κ1) is 45.6. The van der Waals surface area contributed by atoms with Crippen LogP contribution in [0, 0.1) is 29.1 Å². The second-order valence-corrected chi connectivity index (χ2v) is 21.0. The van der Waals surface area contributed by atoms with E-state index in [1.165, 1.54) is 4.90 Å². The standard InChI is InChI=1S/C45H59F3N4O9S/c1-7-28-20-27(2)10-8-9-11-29-23-45(29,41(56)50-62(57,58)44(26-46)15-16-44)24-36(53)35-21-30(25-52(35)40(55)33(28)22-37(54)61-42(3,4)43(5,47)48)60-39-32-12-13-34-38(31(32)14-17-49-39)59-19-18-51(34)6/h9,11-14,17,27-30,33,35H,7-8,10,15-16,18-26H2,1-6H3,(H,50,56)/b11-9-/t27-,28+,29+,30+,33-,35-,45+/m0/s1. The number of halogens is 3. The van der Waals surface area contributed by atoms with Crippen molar-refractivity contribution in [2.24, 2.45) is 29.1 Å². The molecule has 4 heterocycles. The van der Waals surface area contributed by atoms with Crippen LogP contribution in [0.25, 0.3) is 10.8 Å². The second kappa shape index (κ2) is 16.9. The number of carbonyl (C=O) groups excluding carboxylic acids is 4. The Labute approximate surface area is 361 Å². The van der Waals surface area contributed by atoms with Crippen LogP contribution in [-0.2, 0) is 33.9 Å². The zero-order valence-electron chi connectivity index (χ0n) is 36.4. The number of anilines is 1. The van der Waals surface area contributed by atoms with Gasteiger partial charge in [0, 0.05) is 43.8 Å². The SMILES string of the molecule is CC[C@@H]1C[C@@H](C)CC/C=C\[C@@H]2C[C@@]2(C(=O)NS(=O)(=O)C2(CF)CC2)CC(=O)[C@@H]2C[C@@H](Oc3nccc4c5c(ccc34)N(C)CCO5)CN2C(=O)[C@H]1CC(=O)OC(C)(C)C(C)(F)F. The molecule has 0 spiro atoms. The van der Waals surface area contributed by atoms with Gasteiger partial charge in [-0.3, -0.25) is 23.9 Å². The Bertz CT molecular complexity index is 2230. The molecule has 13 nitrogen and oxygen atoms in total. The number of fused-ring (bicyclic) bond motifs is 5. The topological polar surface area (TPSA) is 162 Å². The van der Waals surface area contributed by atoms with Crippen LogP contribution < -0.4 is 19.1 Å². The van der Waals surface area contributed by atoms with Crippen molar-refractivity contribution in [1.29, 1.82) is 0 Å². The third-order valence-electron chi connectivity index (χ3n) is 14.2. The summed E-state index contributed by atoms with van der Waals surface area (Å²) < 4.78 is 88.1. The number of alkyl halides is 3. The Morgan fingerprint density at radius 2 is 1.84 bits per heavy atom. The van der Waals surface area contributed by atoms with Crippen molar-refractivity contribution >= 4 is 50.1 Å². The summed E-state index contributed by atoms with van der Waals surface area (Å²) in [5.74, 6) is -7.31. The maximum absolute atomic E-state index is 15.1. The summed E-state index contributed by atoms with van der Waals surface area (Å²) in [6.45, 7) is 6.73. The number of benzene rings is 1. The zero-order valence-corrected chi connectivity index (χ0v) is 37.2. The van der Waals surface area contributed by atoms with Gasteiger partial charge in [-0.05, 0) is 88.3 Å². The van der Waals surface area contributed by atoms with Crippen molar-refractivity contribution in [3.05, 3.63) is 36.5 Å². The van der Waals surface area contributed by atoms with Crippen LogP contribution >= 0.6 is 0 Å². The molecule has 340 valence electrons. The number of amides is 2. The fourth-order valence-electron chi connectivity index (χ4n) is 9.39. The number of carbonyl (C=O) groups is 4. The van der Waals surface area contributed by atoms with E-state index in [0.717, 1.165) is 24.9 Å². The van der Waals surface area contributed by atoms with E-state index in [4.69, 9.17) is 14.2 Å². The molecule has 1 aromatic carbocycles. The van der Waals surface area contributed by atoms with Crippen molar-refractivity contribution in [2.45, 2.75) is 127 Å². The maximum Gasteiger partial charge on any atom is 0.307 e. The number of aromatic nitrogens is 1. The molecule has 1 N–H and O–H groups in total. The summed E-state index contributed by atoms with van der Waals surface area (Å²) in [5, 5.41) is 1.40. The van der Waals surface area contributed by atoms with Gasteiger partial charge in [-0.2, -0.15) is 0 Å². The fourth-order valence-corrected chi connectivity index (χ4v) is 10.8. The molecule has 17 heteroatoms. The molecule has 1 saturated heterocycles. The van der Waals surface area contributed by atoms with E-state index in [-0.39, 0.29) is 44.0 Å². The summed E-state index contributed by atoms with van der Waals surface area (Å²) in [5.41, 5.74) is -2.74. The van der Waals surface area contributed by atoms with E-state index in [0.29, 0.717) is 56.9 Å². The van der Waals surface area contributed by atoms with Gasteiger partial charge in [-0.1, -0.05) is 32.4 Å². The fraction of sp³-hybridized carbons (Fsp3) is 0.667. The summed E-state index contributed by atoms with van der Waals surface area (Å²) in [7, 11) is -2.43. The van der Waals surface area contributed by atoms with Gasteiger partial charge < -0.3 is 24.0 Å². The molecule has 0 radical (unpaired) electrons. The van der Waals surface area contributed by atoms with Crippen LogP contribution in [0.1, 0.15) is 98.8 Å². The number of ketones is 1. The third-order valence-corrected chi connectivity index (χ3v) is 16.3. The van der Waals surface area contributed by atoms with E-state index in [9.17, 15) is 36.0 Å². The van der Waals surface area contributed by atoms with Gasteiger partial charge in [0.05, 0.1) is 42.6 Å². The number of rotatable bonds is 11. The van der Waals surface area contributed by atoms with E-state index < -0.39 is 105 Å². The Balaban J connectivity index is 1.24. The number of allylic oxidation sites excluding steroid dienone is 2. The minimum Gasteiger partial charge on any atom is -0.489 e. The molecule has 7 atom stereocenters. The number of esters is 1. The highest BCUT2D eigenvalue weighted by molar-refractivity contribution is 7.91. The summed E-state index contributed by atoms with van der Waals surface area (Å²) in [4.78, 5) is 65.6. The Hall–Kier alpha value is -4.41. The molecular formula is C45H59F3N4O9S. The summed E-state index contributed by atoms with van der Waals surface area (Å²) >= 11 is 0. The van der Waals surface area contributed by atoms with Gasteiger partial charge in [0.1, 0.15) is 24.1 Å². The summed E-state index contributed by atoms with van der Waals surface area (Å²) in [6, 6.07) is 4.43. The average molecular weight is 889 g/mol. The van der Waals surface area contributed by atoms with Crippen LogP contribution in [0.3, 0.4) is 0 Å². The molecule has 62 heavy (non-hydrogen) atoms. The van der Waals surface area contributed by atoms with Crippen LogP contribution in [0.4, 0.5) is 18.9 Å². The molecule has 2 aliphatic carbocycles. The predicted octanol–water partition coefficient (Wildman–Crippen LogP) is 6.71. The smallest absolute Gasteiger partial charge is 0.307 e.